The van der Waals surface area contributed by atoms with Gasteiger partial charge in [0, 0.05) is 15.5 Å². The molecule has 0 aromatic heterocycles. The van der Waals surface area contributed by atoms with Crippen LogP contribution in [-0.4, -0.2) is 30.1 Å². The summed E-state index contributed by atoms with van der Waals surface area (Å²) in [5, 5.41) is 14.4. The summed E-state index contributed by atoms with van der Waals surface area (Å²) in [6.45, 7) is 0. The number of halogens is 1. The molecule has 5 nitrogen and oxygen atoms in total. The number of carbonyl (C=O) groups excluding carboxylic acids is 1. The second kappa shape index (κ2) is 8.45. The Morgan fingerprint density at radius 1 is 1.35 bits per heavy atom. The van der Waals surface area contributed by atoms with Crippen LogP contribution in [0.5, 0.6) is 11.5 Å². The molecule has 0 atom stereocenters. The summed E-state index contributed by atoms with van der Waals surface area (Å²) in [6, 6.07) is 12.2. The van der Waals surface area contributed by atoms with Gasteiger partial charge in [-0.3, -0.25) is 4.79 Å². The van der Waals surface area contributed by atoms with Crippen molar-refractivity contribution in [3.63, 3.8) is 0 Å². The van der Waals surface area contributed by atoms with Crippen LogP contribution >= 0.6 is 23.4 Å². The van der Waals surface area contributed by atoms with E-state index in [2.05, 4.69) is 10.5 Å². The van der Waals surface area contributed by atoms with Crippen LogP contribution in [0.2, 0.25) is 5.02 Å². The number of rotatable bonds is 6. The Hall–Kier alpha value is -2.18. The number of hydrazone groups is 1. The van der Waals surface area contributed by atoms with Gasteiger partial charge in [0.2, 0.25) is 5.91 Å². The predicted octanol–water partition coefficient (Wildman–Crippen LogP) is 3.30. The highest BCUT2D eigenvalue weighted by Crippen LogP contribution is 2.27. The summed E-state index contributed by atoms with van der Waals surface area (Å²) < 4.78 is 5.00. The standard InChI is InChI=1S/C16H15ClN2O3S/c1-22-14-4-2-3-11(16(14)21)9-18-19-15(20)10-23-13-7-5-12(17)6-8-13/h2-9,21H,10H2,1H3,(H,19,20)/b18-9+. The maximum atomic E-state index is 11.7. The highest BCUT2D eigenvalue weighted by Gasteiger charge is 2.05. The van der Waals surface area contributed by atoms with Crippen molar-refractivity contribution in [2.45, 2.75) is 4.90 Å². The molecule has 0 radical (unpaired) electrons. The molecule has 0 saturated heterocycles. The Labute approximate surface area is 143 Å². The Morgan fingerprint density at radius 2 is 2.09 bits per heavy atom. The monoisotopic (exact) mass is 350 g/mol. The van der Waals surface area contributed by atoms with E-state index in [0.717, 1.165) is 4.90 Å². The number of hydrogen-bond acceptors (Lipinski definition) is 5. The number of phenolic OH excluding ortho intramolecular Hbond substituents is 1. The fraction of sp³-hybridized carbons (Fsp3) is 0.125. The van der Waals surface area contributed by atoms with E-state index in [1.54, 1.807) is 30.3 Å². The maximum absolute atomic E-state index is 11.7. The molecule has 120 valence electrons. The van der Waals surface area contributed by atoms with E-state index >= 15 is 0 Å². The summed E-state index contributed by atoms with van der Waals surface area (Å²) in [6.07, 6.45) is 1.36. The number of hydrogen-bond donors (Lipinski definition) is 2. The first kappa shape index (κ1) is 17.2. The SMILES string of the molecule is COc1cccc(/C=N/NC(=O)CSc2ccc(Cl)cc2)c1O. The van der Waals surface area contributed by atoms with Crippen molar-refractivity contribution >= 4 is 35.5 Å². The lowest BCUT2D eigenvalue weighted by Gasteiger charge is -2.05. The molecule has 7 heteroatoms. The minimum atomic E-state index is -0.247. The summed E-state index contributed by atoms with van der Waals surface area (Å²) in [7, 11) is 1.46. The van der Waals surface area contributed by atoms with Gasteiger partial charge in [-0.15, -0.1) is 11.8 Å². The molecule has 23 heavy (non-hydrogen) atoms. The van der Waals surface area contributed by atoms with E-state index in [4.69, 9.17) is 16.3 Å². The molecular weight excluding hydrogens is 336 g/mol. The number of benzene rings is 2. The molecule has 2 N–H and O–H groups in total. The molecule has 0 heterocycles. The molecule has 0 aliphatic carbocycles. The maximum Gasteiger partial charge on any atom is 0.250 e. The largest absolute Gasteiger partial charge is 0.504 e. The number of nitrogens with zero attached hydrogens (tertiary/aromatic N) is 1. The van der Waals surface area contributed by atoms with Crippen LogP contribution in [0.4, 0.5) is 0 Å². The van der Waals surface area contributed by atoms with Gasteiger partial charge < -0.3 is 9.84 Å². The Balaban J connectivity index is 1.85. The first-order valence-corrected chi connectivity index (χ1v) is 8.02. The first-order valence-electron chi connectivity index (χ1n) is 6.66. The van der Waals surface area contributed by atoms with Gasteiger partial charge in [0.15, 0.2) is 11.5 Å². The quantitative estimate of drug-likeness (QED) is 0.476. The van der Waals surface area contributed by atoms with Crippen molar-refractivity contribution in [1.82, 2.24) is 5.43 Å². The zero-order valence-electron chi connectivity index (χ0n) is 12.3. The third-order valence-electron chi connectivity index (χ3n) is 2.83. The normalized spacial score (nSPS) is 10.7. The van der Waals surface area contributed by atoms with E-state index in [1.807, 2.05) is 12.1 Å². The minimum absolute atomic E-state index is 0.0245. The van der Waals surface area contributed by atoms with Gasteiger partial charge in [-0.1, -0.05) is 17.7 Å². The summed E-state index contributed by atoms with van der Waals surface area (Å²) in [4.78, 5) is 12.7. The Bertz CT molecular complexity index is 705. The number of para-hydroxylation sites is 1. The minimum Gasteiger partial charge on any atom is -0.504 e. The van der Waals surface area contributed by atoms with Gasteiger partial charge in [-0.25, -0.2) is 5.43 Å². The Morgan fingerprint density at radius 3 is 2.78 bits per heavy atom. The van der Waals surface area contributed by atoms with Crippen LogP contribution in [0.1, 0.15) is 5.56 Å². The fourth-order valence-electron chi connectivity index (χ4n) is 1.69. The van der Waals surface area contributed by atoms with Crippen LogP contribution in [0.25, 0.3) is 0 Å². The number of thioether (sulfide) groups is 1. The molecule has 0 bridgehead atoms. The number of carbonyl (C=O) groups is 1. The summed E-state index contributed by atoms with van der Waals surface area (Å²) in [5.41, 5.74) is 2.86. The van der Waals surface area contributed by atoms with Gasteiger partial charge in [-0.05, 0) is 36.4 Å². The van der Waals surface area contributed by atoms with Crippen LogP contribution in [-0.2, 0) is 4.79 Å². The molecule has 0 aliphatic rings. The van der Waals surface area contributed by atoms with Crippen molar-refractivity contribution in [3.8, 4) is 11.5 Å². The zero-order valence-corrected chi connectivity index (χ0v) is 13.9. The number of phenols is 1. The van der Waals surface area contributed by atoms with Crippen LogP contribution < -0.4 is 10.2 Å². The lowest BCUT2D eigenvalue weighted by atomic mass is 10.2. The Kier molecular flexibility index (Phi) is 6.31. The van der Waals surface area contributed by atoms with E-state index in [9.17, 15) is 9.90 Å². The van der Waals surface area contributed by atoms with Crippen molar-refractivity contribution in [1.29, 1.82) is 0 Å². The second-order valence-electron chi connectivity index (χ2n) is 4.43. The number of ether oxygens (including phenoxy) is 1. The third kappa shape index (κ3) is 5.19. The van der Waals surface area contributed by atoms with E-state index in [-0.39, 0.29) is 17.4 Å². The predicted molar refractivity (Wildman–Crippen MR) is 92.6 cm³/mol. The molecule has 2 aromatic carbocycles. The first-order chi connectivity index (χ1) is 11.1. The second-order valence-corrected chi connectivity index (χ2v) is 5.92. The number of amides is 1. The topological polar surface area (TPSA) is 70.9 Å². The van der Waals surface area contributed by atoms with E-state index < -0.39 is 0 Å². The average Bonchev–Trinajstić information content (AvgIpc) is 2.56. The van der Waals surface area contributed by atoms with Crippen LogP contribution in [0.15, 0.2) is 52.5 Å². The van der Waals surface area contributed by atoms with E-state index in [0.29, 0.717) is 16.3 Å². The highest BCUT2D eigenvalue weighted by atomic mass is 35.5. The number of nitrogens with one attached hydrogen (secondary N) is 1. The molecule has 1 amide bonds. The van der Waals surface area contributed by atoms with Gasteiger partial charge in [0.25, 0.3) is 0 Å². The van der Waals surface area contributed by atoms with Crippen LogP contribution in [0.3, 0.4) is 0 Å². The van der Waals surface area contributed by atoms with E-state index in [1.165, 1.54) is 25.1 Å². The molecule has 0 saturated carbocycles. The molecule has 0 spiro atoms. The smallest absolute Gasteiger partial charge is 0.250 e. The van der Waals surface area contributed by atoms with Crippen molar-refractivity contribution < 1.29 is 14.6 Å². The molecule has 2 rings (SSSR count). The zero-order chi connectivity index (χ0) is 16.7. The van der Waals surface area contributed by atoms with Gasteiger partial charge in [-0.2, -0.15) is 5.10 Å². The lowest BCUT2D eigenvalue weighted by molar-refractivity contribution is -0.118. The van der Waals surface area contributed by atoms with Gasteiger partial charge >= 0.3 is 0 Å². The molecule has 0 aliphatic heterocycles. The molecule has 0 unspecified atom stereocenters. The molecule has 0 fully saturated rings. The average molecular weight is 351 g/mol. The fourth-order valence-corrected chi connectivity index (χ4v) is 2.51. The van der Waals surface area contributed by atoms with Crippen molar-refractivity contribution in [2.24, 2.45) is 5.10 Å². The van der Waals surface area contributed by atoms with Crippen molar-refractivity contribution in [3.05, 3.63) is 53.1 Å². The van der Waals surface area contributed by atoms with Gasteiger partial charge in [0.05, 0.1) is 19.1 Å². The number of aromatic hydroxyl groups is 1. The van der Waals surface area contributed by atoms with Gasteiger partial charge in [0.1, 0.15) is 0 Å². The van der Waals surface area contributed by atoms with Crippen LogP contribution in [0, 0.1) is 0 Å². The lowest BCUT2D eigenvalue weighted by Crippen LogP contribution is -2.19. The van der Waals surface area contributed by atoms with Crippen molar-refractivity contribution in [2.75, 3.05) is 12.9 Å². The summed E-state index contributed by atoms with van der Waals surface area (Å²) in [5.74, 6) is 0.300. The molecular formula is C16H15ClN2O3S. The third-order valence-corrected chi connectivity index (χ3v) is 4.09. The number of methoxy groups -OCH3 is 1. The summed E-state index contributed by atoms with van der Waals surface area (Å²) >= 11 is 7.18. The molecule has 2 aromatic rings. The highest BCUT2D eigenvalue weighted by molar-refractivity contribution is 8.00.